The highest BCUT2D eigenvalue weighted by molar-refractivity contribution is 5.90. The predicted octanol–water partition coefficient (Wildman–Crippen LogP) is 5.37. The quantitative estimate of drug-likeness (QED) is 0.660. The molecule has 5 nitrogen and oxygen atoms in total. The number of hydrogen-bond acceptors (Lipinski definition) is 2. The van der Waals surface area contributed by atoms with Crippen LogP contribution in [0.15, 0.2) is 18.2 Å². The fraction of sp³-hybridized carbons (Fsp3) is 0.714. The molecule has 6 fully saturated rings. The number of piperidine rings is 1. The minimum absolute atomic E-state index is 0.0105. The number of benzene rings is 1. The number of carbonyl (C=O) groups is 2. The molecule has 0 atom stereocenters. The van der Waals surface area contributed by atoms with Gasteiger partial charge in [-0.25, -0.2) is 4.79 Å². The number of anilines is 1. The number of aryl methyl sites for hydroxylation is 2. The third kappa shape index (κ3) is 3.76. The van der Waals surface area contributed by atoms with Gasteiger partial charge in [-0.05, 0) is 106 Å². The van der Waals surface area contributed by atoms with Crippen molar-refractivity contribution in [3.05, 3.63) is 29.3 Å². The van der Waals surface area contributed by atoms with Crippen LogP contribution in [0, 0.1) is 42.4 Å². The summed E-state index contributed by atoms with van der Waals surface area (Å²) in [4.78, 5) is 30.9. The van der Waals surface area contributed by atoms with Crippen molar-refractivity contribution >= 4 is 17.6 Å². The molecule has 6 aliphatic rings. The van der Waals surface area contributed by atoms with Gasteiger partial charge in [0.2, 0.25) is 5.91 Å². The summed E-state index contributed by atoms with van der Waals surface area (Å²) in [7, 11) is 0. The lowest BCUT2D eigenvalue weighted by Gasteiger charge is -2.56. The molecule has 4 aliphatic carbocycles. The summed E-state index contributed by atoms with van der Waals surface area (Å²) in [5.41, 5.74) is 3.41. The molecule has 0 radical (unpaired) electrons. The van der Waals surface area contributed by atoms with E-state index in [4.69, 9.17) is 0 Å². The van der Waals surface area contributed by atoms with E-state index in [2.05, 4.69) is 23.2 Å². The fourth-order valence-electron chi connectivity index (χ4n) is 8.56. The van der Waals surface area contributed by atoms with Crippen molar-refractivity contribution < 1.29 is 9.59 Å². The topological polar surface area (TPSA) is 52.7 Å². The molecule has 1 aromatic carbocycles. The molecule has 7 rings (SSSR count). The molecule has 0 aromatic heterocycles. The van der Waals surface area contributed by atoms with Crippen molar-refractivity contribution in [3.63, 3.8) is 0 Å². The van der Waals surface area contributed by atoms with Gasteiger partial charge in [-0.3, -0.25) is 4.79 Å². The Morgan fingerprint density at radius 2 is 1.45 bits per heavy atom. The maximum atomic E-state index is 13.8. The Hall–Kier alpha value is -2.04. The summed E-state index contributed by atoms with van der Waals surface area (Å²) in [6.07, 6.45) is 10.8. The van der Waals surface area contributed by atoms with Gasteiger partial charge < -0.3 is 15.1 Å². The highest BCUT2D eigenvalue weighted by Crippen LogP contribution is 2.61. The first-order valence-electron chi connectivity index (χ1n) is 13.3. The molecule has 4 bridgehead atoms. The van der Waals surface area contributed by atoms with E-state index in [1.807, 2.05) is 24.0 Å². The monoisotopic (exact) mass is 449 g/mol. The standard InChI is InChI=1S/C28H39N3O2/c1-19-3-4-24(20(2)11-19)29-26(33)30-8-5-27(6-9-30)7-10-31(18-27)25(32)28-15-21-12-22(16-28)14-23(13-21)17-28/h3-4,11,21-23H,5-10,12-18H2,1-2H3,(H,29,33). The second kappa shape index (κ2) is 7.74. The van der Waals surface area contributed by atoms with Crippen LogP contribution >= 0.6 is 0 Å². The highest BCUT2D eigenvalue weighted by Gasteiger charge is 2.57. The first-order valence-corrected chi connectivity index (χ1v) is 13.3. The van der Waals surface area contributed by atoms with Crippen LogP contribution in [0.5, 0.6) is 0 Å². The Morgan fingerprint density at radius 3 is 2.03 bits per heavy atom. The number of urea groups is 1. The number of nitrogens with zero attached hydrogens (tertiary/aromatic N) is 2. The van der Waals surface area contributed by atoms with E-state index in [0.717, 1.165) is 93.7 Å². The van der Waals surface area contributed by atoms with Crippen molar-refractivity contribution in [1.29, 1.82) is 0 Å². The molecule has 2 heterocycles. The van der Waals surface area contributed by atoms with E-state index in [1.165, 1.54) is 24.8 Å². The van der Waals surface area contributed by atoms with Crippen LogP contribution in [0.1, 0.15) is 68.9 Å². The third-order valence-electron chi connectivity index (χ3n) is 9.95. The number of likely N-dealkylation sites (tertiary alicyclic amines) is 2. The van der Waals surface area contributed by atoms with Crippen LogP contribution in [0.3, 0.4) is 0 Å². The minimum Gasteiger partial charge on any atom is -0.342 e. The summed E-state index contributed by atoms with van der Waals surface area (Å²) >= 11 is 0. The maximum absolute atomic E-state index is 13.8. The van der Waals surface area contributed by atoms with E-state index in [1.54, 1.807) is 0 Å². The molecule has 1 aromatic rings. The molecule has 0 unspecified atom stereocenters. The molecule has 1 spiro atoms. The van der Waals surface area contributed by atoms with Gasteiger partial charge in [-0.15, -0.1) is 0 Å². The van der Waals surface area contributed by atoms with Crippen molar-refractivity contribution in [2.24, 2.45) is 28.6 Å². The van der Waals surface area contributed by atoms with Crippen LogP contribution in [-0.4, -0.2) is 47.9 Å². The van der Waals surface area contributed by atoms with Crippen LogP contribution in [-0.2, 0) is 4.79 Å². The van der Waals surface area contributed by atoms with E-state index in [9.17, 15) is 9.59 Å². The molecule has 3 amide bonds. The second-order valence-corrected chi connectivity index (χ2v) is 12.4. The SMILES string of the molecule is Cc1ccc(NC(=O)N2CCC3(CC2)CCN(C(=O)C24CC5CC(CC(C5)C2)C4)C3)c(C)c1. The van der Waals surface area contributed by atoms with Gasteiger partial charge in [0.1, 0.15) is 0 Å². The normalized spacial score (nSPS) is 34.2. The zero-order valence-corrected chi connectivity index (χ0v) is 20.4. The lowest BCUT2D eigenvalue weighted by Crippen LogP contribution is -2.54. The number of nitrogens with one attached hydrogen (secondary N) is 1. The number of carbonyl (C=O) groups excluding carboxylic acids is 2. The summed E-state index contributed by atoms with van der Waals surface area (Å²) in [6, 6.07) is 6.16. The largest absolute Gasteiger partial charge is 0.342 e. The van der Waals surface area contributed by atoms with Crippen molar-refractivity contribution in [1.82, 2.24) is 9.80 Å². The van der Waals surface area contributed by atoms with Gasteiger partial charge in [0.05, 0.1) is 5.41 Å². The van der Waals surface area contributed by atoms with E-state index < -0.39 is 0 Å². The van der Waals surface area contributed by atoms with Crippen molar-refractivity contribution in [3.8, 4) is 0 Å². The van der Waals surface area contributed by atoms with Crippen molar-refractivity contribution in [2.45, 2.75) is 71.6 Å². The second-order valence-electron chi connectivity index (χ2n) is 12.4. The van der Waals surface area contributed by atoms with Gasteiger partial charge in [0, 0.05) is 31.9 Å². The molecule has 178 valence electrons. The number of rotatable bonds is 2. The number of hydrogen-bond donors (Lipinski definition) is 1. The summed E-state index contributed by atoms with van der Waals surface area (Å²) in [6.45, 7) is 7.53. The van der Waals surface area contributed by atoms with Gasteiger partial charge in [0.15, 0.2) is 0 Å². The molecule has 5 heteroatoms. The van der Waals surface area contributed by atoms with Gasteiger partial charge in [-0.1, -0.05) is 17.7 Å². The van der Waals surface area contributed by atoms with Gasteiger partial charge in [0.25, 0.3) is 0 Å². The molecule has 2 saturated heterocycles. The first-order chi connectivity index (χ1) is 15.8. The Kier molecular flexibility index (Phi) is 5.04. The predicted molar refractivity (Wildman–Crippen MR) is 130 cm³/mol. The van der Waals surface area contributed by atoms with Crippen molar-refractivity contribution in [2.75, 3.05) is 31.5 Å². The smallest absolute Gasteiger partial charge is 0.321 e. The average molecular weight is 450 g/mol. The molecule has 2 aliphatic heterocycles. The average Bonchev–Trinajstić information content (AvgIpc) is 3.18. The van der Waals surface area contributed by atoms with Gasteiger partial charge in [-0.2, -0.15) is 0 Å². The summed E-state index contributed by atoms with van der Waals surface area (Å²) in [5, 5.41) is 3.11. The Morgan fingerprint density at radius 1 is 0.879 bits per heavy atom. The first kappa shape index (κ1) is 21.5. The maximum Gasteiger partial charge on any atom is 0.321 e. The number of amides is 3. The van der Waals surface area contributed by atoms with Gasteiger partial charge >= 0.3 is 6.03 Å². The Labute approximate surface area is 198 Å². The van der Waals surface area contributed by atoms with Crippen LogP contribution in [0.2, 0.25) is 0 Å². The lowest BCUT2D eigenvalue weighted by atomic mass is 9.49. The van der Waals surface area contributed by atoms with Crippen LogP contribution < -0.4 is 5.32 Å². The summed E-state index contributed by atoms with van der Waals surface area (Å²) < 4.78 is 0. The Balaban J connectivity index is 1.06. The van der Waals surface area contributed by atoms with E-state index in [0.29, 0.717) is 5.91 Å². The van der Waals surface area contributed by atoms with E-state index in [-0.39, 0.29) is 16.9 Å². The zero-order chi connectivity index (χ0) is 22.8. The Bertz CT molecular complexity index is 927. The molecule has 1 N–H and O–H groups in total. The van der Waals surface area contributed by atoms with Crippen LogP contribution in [0.4, 0.5) is 10.5 Å². The van der Waals surface area contributed by atoms with Crippen LogP contribution in [0.25, 0.3) is 0 Å². The fourth-order valence-corrected chi connectivity index (χ4v) is 8.56. The minimum atomic E-state index is -0.0211. The van der Waals surface area contributed by atoms with E-state index >= 15 is 0 Å². The molecule has 33 heavy (non-hydrogen) atoms. The molecular formula is C28H39N3O2. The summed E-state index contributed by atoms with van der Waals surface area (Å²) in [5.74, 6) is 2.94. The molecular weight excluding hydrogens is 410 g/mol. The third-order valence-corrected chi connectivity index (χ3v) is 9.95. The highest BCUT2D eigenvalue weighted by atomic mass is 16.2. The molecule has 4 saturated carbocycles. The zero-order valence-electron chi connectivity index (χ0n) is 20.4. The lowest BCUT2D eigenvalue weighted by molar-refractivity contribution is -0.157.